The molecule has 0 aromatic heterocycles. The van der Waals surface area contributed by atoms with E-state index >= 15 is 0 Å². The number of rotatable bonds is 4. The molecule has 1 heterocycles. The monoisotopic (exact) mass is 403 g/mol. The second-order valence-electron chi connectivity index (χ2n) is 7.05. The number of amides is 3. The molecular formula is C21H23ClFN3O2. The van der Waals surface area contributed by atoms with E-state index < -0.39 is 0 Å². The number of likely N-dealkylation sites (tertiary alicyclic amines) is 1. The summed E-state index contributed by atoms with van der Waals surface area (Å²) in [5.74, 6) is -0.419. The lowest BCUT2D eigenvalue weighted by Gasteiger charge is -2.34. The highest BCUT2D eigenvalue weighted by atomic mass is 35.5. The van der Waals surface area contributed by atoms with Crippen LogP contribution in [0, 0.1) is 17.7 Å². The van der Waals surface area contributed by atoms with Gasteiger partial charge in [0, 0.05) is 35.4 Å². The molecule has 1 fully saturated rings. The van der Waals surface area contributed by atoms with E-state index in [-0.39, 0.29) is 29.6 Å². The van der Waals surface area contributed by atoms with Gasteiger partial charge in [0.15, 0.2) is 0 Å². The van der Waals surface area contributed by atoms with Crippen LogP contribution in [0.25, 0.3) is 0 Å². The molecule has 1 aliphatic heterocycles. The second kappa shape index (κ2) is 9.06. The van der Waals surface area contributed by atoms with Gasteiger partial charge in [-0.1, -0.05) is 18.5 Å². The van der Waals surface area contributed by atoms with Gasteiger partial charge in [0.25, 0.3) is 0 Å². The summed E-state index contributed by atoms with van der Waals surface area (Å²) in [4.78, 5) is 26.6. The summed E-state index contributed by atoms with van der Waals surface area (Å²) in [6.07, 6.45) is 1.51. The van der Waals surface area contributed by atoms with Crippen molar-refractivity contribution in [3.05, 3.63) is 59.4 Å². The number of halogens is 2. The Bertz CT molecular complexity index is 819. The van der Waals surface area contributed by atoms with E-state index in [1.807, 2.05) is 6.92 Å². The molecule has 0 aliphatic carbocycles. The fraction of sp³-hybridized carbons (Fsp3) is 0.333. The molecule has 2 aromatic carbocycles. The zero-order chi connectivity index (χ0) is 20.1. The smallest absolute Gasteiger partial charge is 0.321 e. The molecule has 28 heavy (non-hydrogen) atoms. The summed E-state index contributed by atoms with van der Waals surface area (Å²) < 4.78 is 13.0. The maximum absolute atomic E-state index is 13.0. The molecule has 1 atom stereocenters. The number of carbonyl (C=O) groups excluding carboxylic acids is 2. The predicted octanol–water partition coefficient (Wildman–Crippen LogP) is 5.00. The third kappa shape index (κ3) is 5.23. The van der Waals surface area contributed by atoms with Gasteiger partial charge in [0.1, 0.15) is 5.82 Å². The average molecular weight is 404 g/mol. The van der Waals surface area contributed by atoms with Crippen molar-refractivity contribution < 1.29 is 14.0 Å². The van der Waals surface area contributed by atoms with Crippen LogP contribution in [0.4, 0.5) is 20.6 Å². The van der Waals surface area contributed by atoms with Crippen LogP contribution in [-0.4, -0.2) is 29.9 Å². The number of anilines is 2. The van der Waals surface area contributed by atoms with Crippen molar-refractivity contribution in [2.24, 2.45) is 11.8 Å². The van der Waals surface area contributed by atoms with E-state index in [0.717, 1.165) is 12.8 Å². The highest BCUT2D eigenvalue weighted by Gasteiger charge is 2.30. The van der Waals surface area contributed by atoms with Crippen LogP contribution in [0.2, 0.25) is 5.02 Å². The lowest BCUT2D eigenvalue weighted by atomic mass is 9.85. The maximum Gasteiger partial charge on any atom is 0.321 e. The second-order valence-corrected chi connectivity index (χ2v) is 7.48. The Hall–Kier alpha value is -2.60. The Balaban J connectivity index is 1.48. The van der Waals surface area contributed by atoms with Crippen LogP contribution in [0.15, 0.2) is 48.5 Å². The van der Waals surface area contributed by atoms with E-state index in [0.29, 0.717) is 29.5 Å². The Morgan fingerprint density at radius 2 is 1.54 bits per heavy atom. The lowest BCUT2D eigenvalue weighted by molar-refractivity contribution is -0.121. The Labute approximate surface area is 168 Å². The first kappa shape index (κ1) is 20.1. The average Bonchev–Trinajstić information content (AvgIpc) is 2.71. The van der Waals surface area contributed by atoms with Gasteiger partial charge < -0.3 is 15.5 Å². The van der Waals surface area contributed by atoms with Crippen molar-refractivity contribution in [1.29, 1.82) is 0 Å². The molecule has 0 saturated carbocycles. The summed E-state index contributed by atoms with van der Waals surface area (Å²) in [5, 5.41) is 6.31. The van der Waals surface area contributed by atoms with Crippen molar-refractivity contribution in [3.63, 3.8) is 0 Å². The van der Waals surface area contributed by atoms with E-state index in [4.69, 9.17) is 11.6 Å². The van der Waals surface area contributed by atoms with Crippen molar-refractivity contribution >= 4 is 34.9 Å². The van der Waals surface area contributed by atoms with Gasteiger partial charge >= 0.3 is 6.03 Å². The fourth-order valence-electron chi connectivity index (χ4n) is 3.34. The maximum atomic E-state index is 13.0. The van der Waals surface area contributed by atoms with Gasteiger partial charge in [-0.15, -0.1) is 0 Å². The number of nitrogens with one attached hydrogen (secondary N) is 2. The van der Waals surface area contributed by atoms with Crippen LogP contribution >= 0.6 is 11.6 Å². The molecule has 0 bridgehead atoms. The van der Waals surface area contributed by atoms with Gasteiger partial charge in [-0.3, -0.25) is 4.79 Å². The summed E-state index contributed by atoms with van der Waals surface area (Å²) in [6.45, 7) is 3.09. The number of benzene rings is 2. The van der Waals surface area contributed by atoms with Crippen LogP contribution in [0.5, 0.6) is 0 Å². The molecule has 2 aromatic rings. The Morgan fingerprint density at radius 1 is 1.00 bits per heavy atom. The van der Waals surface area contributed by atoms with E-state index in [2.05, 4.69) is 10.6 Å². The van der Waals surface area contributed by atoms with Gasteiger partial charge in [0.2, 0.25) is 5.91 Å². The zero-order valence-corrected chi connectivity index (χ0v) is 16.4. The molecule has 1 aliphatic rings. The minimum atomic E-state index is -0.338. The minimum Gasteiger partial charge on any atom is -0.326 e. The quantitative estimate of drug-likeness (QED) is 0.754. The van der Waals surface area contributed by atoms with Gasteiger partial charge in [-0.05, 0) is 67.3 Å². The van der Waals surface area contributed by atoms with Crippen LogP contribution in [0.3, 0.4) is 0 Å². The summed E-state index contributed by atoms with van der Waals surface area (Å²) >= 11 is 5.85. The normalized spacial score (nSPS) is 15.8. The van der Waals surface area contributed by atoms with E-state index in [1.165, 1.54) is 12.1 Å². The first-order valence-corrected chi connectivity index (χ1v) is 9.68. The third-order valence-electron chi connectivity index (χ3n) is 5.15. The predicted molar refractivity (Wildman–Crippen MR) is 109 cm³/mol. The summed E-state index contributed by atoms with van der Waals surface area (Å²) in [7, 11) is 0. The first-order chi connectivity index (χ1) is 13.4. The zero-order valence-electron chi connectivity index (χ0n) is 15.6. The summed E-state index contributed by atoms with van der Waals surface area (Å²) in [5.41, 5.74) is 1.28. The molecule has 5 nitrogen and oxygen atoms in total. The molecule has 3 rings (SSSR count). The van der Waals surface area contributed by atoms with Crippen molar-refractivity contribution in [2.75, 3.05) is 23.7 Å². The molecule has 0 spiro atoms. The van der Waals surface area contributed by atoms with Gasteiger partial charge in [-0.25, -0.2) is 9.18 Å². The Kier molecular flexibility index (Phi) is 6.52. The number of nitrogens with zero attached hydrogens (tertiary/aromatic N) is 1. The number of carbonyl (C=O) groups is 2. The Morgan fingerprint density at radius 3 is 2.14 bits per heavy atom. The number of piperidine rings is 1. The molecule has 3 amide bonds. The molecule has 0 radical (unpaired) electrons. The number of hydrogen-bond donors (Lipinski definition) is 2. The molecule has 0 unspecified atom stereocenters. The third-order valence-corrected chi connectivity index (χ3v) is 5.41. The SMILES string of the molecule is C[C@H](C(=O)Nc1ccc(F)cc1)C1CCN(C(=O)Nc2ccc(Cl)cc2)CC1. The van der Waals surface area contributed by atoms with E-state index in [9.17, 15) is 14.0 Å². The standard InChI is InChI=1S/C21H23ClFN3O2/c1-14(20(27)24-18-8-4-17(23)5-9-18)15-10-12-26(13-11-15)21(28)25-19-6-2-16(22)3-7-19/h2-9,14-15H,10-13H2,1H3,(H,24,27)(H,25,28)/t14-/m0/s1. The molecule has 2 N–H and O–H groups in total. The lowest BCUT2D eigenvalue weighted by Crippen LogP contribution is -2.43. The molecule has 148 valence electrons. The van der Waals surface area contributed by atoms with Crippen molar-refractivity contribution in [1.82, 2.24) is 4.90 Å². The topological polar surface area (TPSA) is 61.4 Å². The minimum absolute atomic E-state index is 0.0873. The first-order valence-electron chi connectivity index (χ1n) is 9.30. The van der Waals surface area contributed by atoms with Crippen LogP contribution in [-0.2, 0) is 4.79 Å². The highest BCUT2D eigenvalue weighted by Crippen LogP contribution is 2.26. The van der Waals surface area contributed by atoms with E-state index in [1.54, 1.807) is 41.3 Å². The van der Waals surface area contributed by atoms with Gasteiger partial charge in [0.05, 0.1) is 0 Å². The van der Waals surface area contributed by atoms with Gasteiger partial charge in [-0.2, -0.15) is 0 Å². The molecule has 1 saturated heterocycles. The van der Waals surface area contributed by atoms with Crippen molar-refractivity contribution in [2.45, 2.75) is 19.8 Å². The largest absolute Gasteiger partial charge is 0.326 e. The number of hydrogen-bond acceptors (Lipinski definition) is 2. The highest BCUT2D eigenvalue weighted by molar-refractivity contribution is 6.30. The van der Waals surface area contributed by atoms with Crippen LogP contribution in [0.1, 0.15) is 19.8 Å². The summed E-state index contributed by atoms with van der Waals surface area (Å²) in [6, 6.07) is 12.5. The fourth-order valence-corrected chi connectivity index (χ4v) is 3.47. The number of urea groups is 1. The molecular weight excluding hydrogens is 381 g/mol. The van der Waals surface area contributed by atoms with Crippen LogP contribution < -0.4 is 10.6 Å². The molecule has 7 heteroatoms. The van der Waals surface area contributed by atoms with Crippen molar-refractivity contribution in [3.8, 4) is 0 Å².